The Hall–Kier alpha value is -3.47. The van der Waals surface area contributed by atoms with Crippen molar-refractivity contribution in [1.29, 1.82) is 5.26 Å². The molecule has 170 valence electrons. The Bertz CT molecular complexity index is 1160. The van der Waals surface area contributed by atoms with Crippen LogP contribution in [0.2, 0.25) is 0 Å². The number of nitrogens with zero attached hydrogens (tertiary/aromatic N) is 7. The summed E-state index contributed by atoms with van der Waals surface area (Å²) in [5.41, 5.74) is 3.44. The van der Waals surface area contributed by atoms with Crippen molar-refractivity contribution in [3.63, 3.8) is 0 Å². The normalized spacial score (nSPS) is 19.5. The van der Waals surface area contributed by atoms with E-state index in [2.05, 4.69) is 32.9 Å². The predicted molar refractivity (Wildman–Crippen MR) is 126 cm³/mol. The molecule has 1 unspecified atom stereocenters. The lowest BCUT2D eigenvalue weighted by molar-refractivity contribution is 0.424. The van der Waals surface area contributed by atoms with Crippen molar-refractivity contribution < 1.29 is 4.52 Å². The molecule has 0 N–H and O–H groups in total. The van der Waals surface area contributed by atoms with E-state index in [1.54, 1.807) is 6.20 Å². The molecule has 5 heterocycles. The molecule has 3 aromatic rings. The van der Waals surface area contributed by atoms with Crippen molar-refractivity contribution >= 4 is 11.8 Å². The minimum Gasteiger partial charge on any atom is -0.356 e. The zero-order valence-corrected chi connectivity index (χ0v) is 19.2. The molecule has 2 saturated heterocycles. The second-order valence-corrected chi connectivity index (χ2v) is 9.24. The van der Waals surface area contributed by atoms with E-state index in [0.717, 1.165) is 73.5 Å². The maximum absolute atomic E-state index is 9.46. The van der Waals surface area contributed by atoms with Crippen LogP contribution in [0.3, 0.4) is 0 Å². The van der Waals surface area contributed by atoms with E-state index >= 15 is 0 Å². The molecular weight excluding hydrogens is 414 g/mol. The van der Waals surface area contributed by atoms with Gasteiger partial charge in [-0.05, 0) is 50.7 Å². The summed E-state index contributed by atoms with van der Waals surface area (Å²) in [4.78, 5) is 18.8. The van der Waals surface area contributed by atoms with Gasteiger partial charge in [-0.1, -0.05) is 12.1 Å². The molecule has 0 amide bonds. The van der Waals surface area contributed by atoms with E-state index in [9.17, 15) is 5.26 Å². The minimum atomic E-state index is 0.278. The van der Waals surface area contributed by atoms with Gasteiger partial charge < -0.3 is 14.3 Å². The van der Waals surface area contributed by atoms with Crippen LogP contribution in [0.4, 0.5) is 11.8 Å². The zero-order valence-electron chi connectivity index (χ0n) is 19.2. The molecule has 0 aliphatic carbocycles. The van der Waals surface area contributed by atoms with Gasteiger partial charge in [-0.25, -0.2) is 15.0 Å². The largest absolute Gasteiger partial charge is 0.356 e. The summed E-state index contributed by atoms with van der Waals surface area (Å²) in [6.07, 6.45) is 7.95. The fraction of sp³-hybridized carbons (Fsp3) is 0.480. The van der Waals surface area contributed by atoms with Crippen molar-refractivity contribution in [3.05, 3.63) is 47.5 Å². The van der Waals surface area contributed by atoms with Crippen LogP contribution in [0.15, 0.2) is 35.1 Å². The van der Waals surface area contributed by atoms with E-state index in [4.69, 9.17) is 14.5 Å². The lowest BCUT2D eigenvalue weighted by Gasteiger charge is -2.34. The fourth-order valence-electron chi connectivity index (χ4n) is 5.00. The molecule has 1 atom stereocenters. The first-order valence-electron chi connectivity index (χ1n) is 11.8. The Kier molecular flexibility index (Phi) is 5.95. The van der Waals surface area contributed by atoms with Crippen LogP contribution in [0.5, 0.6) is 0 Å². The summed E-state index contributed by atoms with van der Waals surface area (Å²) < 4.78 is 5.60. The van der Waals surface area contributed by atoms with Gasteiger partial charge in [0, 0.05) is 50.6 Å². The van der Waals surface area contributed by atoms with E-state index in [0.29, 0.717) is 11.5 Å². The maximum atomic E-state index is 9.46. The van der Waals surface area contributed by atoms with Crippen LogP contribution in [0.1, 0.15) is 55.5 Å². The van der Waals surface area contributed by atoms with Crippen LogP contribution >= 0.6 is 0 Å². The highest BCUT2D eigenvalue weighted by molar-refractivity contribution is 5.62. The van der Waals surface area contributed by atoms with Crippen molar-refractivity contribution in [1.82, 2.24) is 20.1 Å². The molecule has 8 heteroatoms. The average molecular weight is 444 g/mol. The molecule has 0 spiro atoms. The van der Waals surface area contributed by atoms with E-state index in [1.165, 1.54) is 12.8 Å². The molecule has 2 aliphatic heterocycles. The summed E-state index contributed by atoms with van der Waals surface area (Å²) in [7, 11) is 0. The van der Waals surface area contributed by atoms with Crippen molar-refractivity contribution in [2.75, 3.05) is 36.0 Å². The standard InChI is InChI=1S/C25H29N7O/c1-17-5-4-10-32(16-17)25-28-15-21(22-13-18(2)30-33-22)23(29-25)19-7-11-31(12-8-19)24-20(14-26)6-3-9-27-24/h3,6,9,13,15,17,19H,4-5,7-8,10-12,16H2,1-2H3. The highest BCUT2D eigenvalue weighted by atomic mass is 16.5. The second kappa shape index (κ2) is 9.18. The lowest BCUT2D eigenvalue weighted by atomic mass is 9.90. The fourth-order valence-corrected chi connectivity index (χ4v) is 5.00. The first kappa shape index (κ1) is 21.4. The number of aryl methyl sites for hydroxylation is 1. The lowest BCUT2D eigenvalue weighted by Crippen LogP contribution is -2.36. The number of hydrogen-bond donors (Lipinski definition) is 0. The third kappa shape index (κ3) is 4.40. The SMILES string of the molecule is Cc1cc(-c2cnc(N3CCCC(C)C3)nc2C2CCN(c3ncccc3C#N)CC2)on1. The smallest absolute Gasteiger partial charge is 0.225 e. The highest BCUT2D eigenvalue weighted by Crippen LogP contribution is 2.36. The Labute approximate surface area is 194 Å². The molecule has 2 fully saturated rings. The van der Waals surface area contributed by atoms with Crippen molar-refractivity contribution in [2.24, 2.45) is 5.92 Å². The first-order valence-corrected chi connectivity index (χ1v) is 11.8. The van der Waals surface area contributed by atoms with Crippen LogP contribution in [0.25, 0.3) is 11.3 Å². The molecule has 0 aromatic carbocycles. The van der Waals surface area contributed by atoms with Gasteiger partial charge in [0.15, 0.2) is 5.76 Å². The van der Waals surface area contributed by atoms with Gasteiger partial charge in [-0.15, -0.1) is 0 Å². The molecule has 3 aromatic heterocycles. The van der Waals surface area contributed by atoms with Crippen LogP contribution in [-0.2, 0) is 0 Å². The predicted octanol–water partition coefficient (Wildman–Crippen LogP) is 4.33. The number of anilines is 2. The quantitative estimate of drug-likeness (QED) is 0.588. The third-order valence-electron chi connectivity index (χ3n) is 6.73. The number of piperidine rings is 2. The maximum Gasteiger partial charge on any atom is 0.225 e. The highest BCUT2D eigenvalue weighted by Gasteiger charge is 2.29. The Balaban J connectivity index is 1.43. The number of nitriles is 1. The molecular formula is C25H29N7O. The molecule has 0 radical (unpaired) electrons. The van der Waals surface area contributed by atoms with Crippen molar-refractivity contribution in [2.45, 2.75) is 45.4 Å². The molecule has 33 heavy (non-hydrogen) atoms. The van der Waals surface area contributed by atoms with E-state index in [-0.39, 0.29) is 5.92 Å². The topological polar surface area (TPSA) is 95.0 Å². The second-order valence-electron chi connectivity index (χ2n) is 9.24. The first-order chi connectivity index (χ1) is 16.1. The number of hydrogen-bond acceptors (Lipinski definition) is 8. The van der Waals surface area contributed by atoms with Gasteiger partial charge in [-0.3, -0.25) is 0 Å². The van der Waals surface area contributed by atoms with Crippen molar-refractivity contribution in [3.8, 4) is 17.4 Å². The molecule has 5 rings (SSSR count). The van der Waals surface area contributed by atoms with Gasteiger partial charge in [0.25, 0.3) is 0 Å². The zero-order chi connectivity index (χ0) is 22.8. The van der Waals surface area contributed by atoms with Crippen LogP contribution in [0, 0.1) is 24.2 Å². The summed E-state index contributed by atoms with van der Waals surface area (Å²) in [5, 5.41) is 13.5. The summed E-state index contributed by atoms with van der Waals surface area (Å²) in [6.45, 7) is 7.86. The number of pyridine rings is 1. The Morgan fingerprint density at radius 1 is 1.12 bits per heavy atom. The molecule has 0 saturated carbocycles. The minimum absolute atomic E-state index is 0.278. The van der Waals surface area contributed by atoms with Gasteiger partial charge in [0.1, 0.15) is 11.9 Å². The molecule has 8 nitrogen and oxygen atoms in total. The van der Waals surface area contributed by atoms with Gasteiger partial charge in [0.05, 0.1) is 22.5 Å². The van der Waals surface area contributed by atoms with Crippen LogP contribution < -0.4 is 9.80 Å². The van der Waals surface area contributed by atoms with E-state index in [1.807, 2.05) is 31.3 Å². The Morgan fingerprint density at radius 2 is 1.97 bits per heavy atom. The summed E-state index contributed by atoms with van der Waals surface area (Å²) in [5.74, 6) is 3.24. The Morgan fingerprint density at radius 3 is 2.70 bits per heavy atom. The molecule has 0 bridgehead atoms. The van der Waals surface area contributed by atoms with E-state index < -0.39 is 0 Å². The molecule has 2 aliphatic rings. The van der Waals surface area contributed by atoms with Crippen LogP contribution in [-0.4, -0.2) is 46.3 Å². The third-order valence-corrected chi connectivity index (χ3v) is 6.73. The number of rotatable bonds is 4. The van der Waals surface area contributed by atoms with Gasteiger partial charge in [0.2, 0.25) is 5.95 Å². The summed E-state index contributed by atoms with van der Waals surface area (Å²) >= 11 is 0. The number of aromatic nitrogens is 4. The monoisotopic (exact) mass is 443 g/mol. The summed E-state index contributed by atoms with van der Waals surface area (Å²) in [6, 6.07) is 7.86. The van der Waals surface area contributed by atoms with Gasteiger partial charge >= 0.3 is 0 Å². The van der Waals surface area contributed by atoms with Gasteiger partial charge in [-0.2, -0.15) is 5.26 Å². The average Bonchev–Trinajstić information content (AvgIpc) is 3.30.